The average Bonchev–Trinajstić information content (AvgIpc) is 2.59. The van der Waals surface area contributed by atoms with Crippen molar-refractivity contribution >= 4 is 11.6 Å². The summed E-state index contributed by atoms with van der Waals surface area (Å²) in [5.41, 5.74) is 2.42. The molecule has 1 saturated heterocycles. The second-order valence-corrected chi connectivity index (χ2v) is 6.78. The van der Waals surface area contributed by atoms with Crippen molar-refractivity contribution in [3.8, 4) is 0 Å². The predicted octanol–water partition coefficient (Wildman–Crippen LogP) is 5.49. The van der Waals surface area contributed by atoms with Gasteiger partial charge in [0.2, 0.25) is 0 Å². The molecule has 0 saturated carbocycles. The summed E-state index contributed by atoms with van der Waals surface area (Å²) in [6.45, 7) is 3.50. The molecule has 122 valence electrons. The molecule has 1 aliphatic heterocycles. The van der Waals surface area contributed by atoms with Crippen molar-refractivity contribution in [1.29, 1.82) is 0 Å². The summed E-state index contributed by atoms with van der Waals surface area (Å²) in [5.74, 6) is 0.106. The third kappa shape index (κ3) is 4.55. The van der Waals surface area contributed by atoms with Gasteiger partial charge in [0.25, 0.3) is 0 Å². The maximum absolute atomic E-state index is 13.3. The summed E-state index contributed by atoms with van der Waals surface area (Å²) >= 11 is 6.02. The van der Waals surface area contributed by atoms with Crippen molar-refractivity contribution < 1.29 is 4.39 Å². The number of piperidine rings is 1. The standard InChI is InChI=1S/C20H23ClFN/c21-18-8-4-16(5-9-18)20(17-6-10-19(22)11-7-17)12-15-23-13-2-1-3-14-23/h4-11,20H,1-3,12-15H2. The molecule has 0 aliphatic carbocycles. The van der Waals surface area contributed by atoms with E-state index in [1.54, 1.807) is 12.1 Å². The normalized spacial score (nSPS) is 17.1. The van der Waals surface area contributed by atoms with Gasteiger partial charge in [-0.05, 0) is 74.3 Å². The van der Waals surface area contributed by atoms with Gasteiger partial charge in [-0.25, -0.2) is 4.39 Å². The van der Waals surface area contributed by atoms with E-state index in [1.165, 1.54) is 43.5 Å². The van der Waals surface area contributed by atoms with Crippen LogP contribution >= 0.6 is 11.6 Å². The largest absolute Gasteiger partial charge is 0.303 e. The van der Waals surface area contributed by atoms with Crippen LogP contribution in [0.2, 0.25) is 5.02 Å². The van der Waals surface area contributed by atoms with Crippen molar-refractivity contribution in [2.75, 3.05) is 19.6 Å². The quantitative estimate of drug-likeness (QED) is 0.700. The molecule has 1 fully saturated rings. The molecule has 1 aliphatic rings. The third-order valence-corrected chi connectivity index (χ3v) is 4.98. The van der Waals surface area contributed by atoms with Crippen molar-refractivity contribution in [3.63, 3.8) is 0 Å². The summed E-state index contributed by atoms with van der Waals surface area (Å²) in [4.78, 5) is 2.55. The van der Waals surface area contributed by atoms with Crippen LogP contribution in [0.5, 0.6) is 0 Å². The molecule has 1 heterocycles. The molecule has 0 N–H and O–H groups in total. The van der Waals surface area contributed by atoms with E-state index >= 15 is 0 Å². The molecular formula is C20H23ClFN. The number of rotatable bonds is 5. The zero-order chi connectivity index (χ0) is 16.1. The molecule has 1 atom stereocenters. The van der Waals surface area contributed by atoms with Gasteiger partial charge in [-0.3, -0.25) is 0 Å². The van der Waals surface area contributed by atoms with Crippen molar-refractivity contribution in [2.45, 2.75) is 31.6 Å². The molecule has 1 nitrogen and oxygen atoms in total. The van der Waals surface area contributed by atoms with Crippen LogP contribution in [0.15, 0.2) is 48.5 Å². The van der Waals surface area contributed by atoms with Gasteiger partial charge in [0, 0.05) is 10.9 Å². The minimum absolute atomic E-state index is 0.181. The lowest BCUT2D eigenvalue weighted by molar-refractivity contribution is 0.223. The Morgan fingerprint density at radius 3 is 2.04 bits per heavy atom. The van der Waals surface area contributed by atoms with E-state index in [4.69, 9.17) is 11.6 Å². The Kier molecular flexibility index (Phi) is 5.69. The highest BCUT2D eigenvalue weighted by molar-refractivity contribution is 6.30. The molecule has 0 bridgehead atoms. The van der Waals surface area contributed by atoms with Crippen LogP contribution in [0.25, 0.3) is 0 Å². The van der Waals surface area contributed by atoms with Crippen LogP contribution in [-0.2, 0) is 0 Å². The van der Waals surface area contributed by atoms with Gasteiger partial charge < -0.3 is 4.90 Å². The lowest BCUT2D eigenvalue weighted by Gasteiger charge is -2.28. The van der Waals surface area contributed by atoms with Crippen LogP contribution in [0.3, 0.4) is 0 Å². The summed E-state index contributed by atoms with van der Waals surface area (Å²) in [5, 5.41) is 0.752. The van der Waals surface area contributed by atoms with Gasteiger partial charge in [-0.1, -0.05) is 42.3 Å². The molecule has 3 heteroatoms. The summed E-state index contributed by atoms with van der Waals surface area (Å²) in [7, 11) is 0. The highest BCUT2D eigenvalue weighted by Crippen LogP contribution is 2.29. The van der Waals surface area contributed by atoms with Gasteiger partial charge in [0.05, 0.1) is 0 Å². The average molecular weight is 332 g/mol. The Hall–Kier alpha value is -1.38. The Morgan fingerprint density at radius 2 is 1.43 bits per heavy atom. The monoisotopic (exact) mass is 331 g/mol. The van der Waals surface area contributed by atoms with E-state index in [0.717, 1.165) is 18.0 Å². The van der Waals surface area contributed by atoms with Crippen molar-refractivity contribution in [2.24, 2.45) is 0 Å². The molecule has 3 rings (SSSR count). The Labute approximate surface area is 143 Å². The van der Waals surface area contributed by atoms with Gasteiger partial charge in [-0.2, -0.15) is 0 Å². The maximum atomic E-state index is 13.3. The van der Waals surface area contributed by atoms with E-state index in [1.807, 2.05) is 24.3 Å². The first-order valence-corrected chi connectivity index (χ1v) is 8.83. The zero-order valence-electron chi connectivity index (χ0n) is 13.3. The van der Waals surface area contributed by atoms with Crippen LogP contribution in [0, 0.1) is 5.82 Å². The SMILES string of the molecule is Fc1ccc(C(CCN2CCCCC2)c2ccc(Cl)cc2)cc1. The fourth-order valence-electron chi connectivity index (χ4n) is 3.41. The van der Waals surface area contributed by atoms with E-state index in [2.05, 4.69) is 17.0 Å². The molecule has 0 radical (unpaired) electrons. The molecule has 2 aromatic rings. The van der Waals surface area contributed by atoms with Crippen molar-refractivity contribution in [1.82, 2.24) is 4.90 Å². The van der Waals surface area contributed by atoms with Crippen LogP contribution in [-0.4, -0.2) is 24.5 Å². The summed E-state index contributed by atoms with van der Waals surface area (Å²) in [6, 6.07) is 15.0. The van der Waals surface area contributed by atoms with Crippen molar-refractivity contribution in [3.05, 3.63) is 70.5 Å². The molecular weight excluding hydrogens is 309 g/mol. The first-order chi connectivity index (χ1) is 11.2. The number of hydrogen-bond acceptors (Lipinski definition) is 1. The van der Waals surface area contributed by atoms with E-state index in [0.29, 0.717) is 0 Å². The molecule has 0 amide bonds. The van der Waals surface area contributed by atoms with Crippen LogP contribution < -0.4 is 0 Å². The van der Waals surface area contributed by atoms with E-state index in [-0.39, 0.29) is 11.7 Å². The highest BCUT2D eigenvalue weighted by atomic mass is 35.5. The highest BCUT2D eigenvalue weighted by Gasteiger charge is 2.17. The topological polar surface area (TPSA) is 3.24 Å². The third-order valence-electron chi connectivity index (χ3n) is 4.73. The molecule has 23 heavy (non-hydrogen) atoms. The lowest BCUT2D eigenvalue weighted by Crippen LogP contribution is -2.31. The second kappa shape index (κ2) is 7.94. The maximum Gasteiger partial charge on any atom is 0.123 e. The molecule has 0 spiro atoms. The number of nitrogens with zero attached hydrogens (tertiary/aromatic N) is 1. The molecule has 1 unspecified atom stereocenters. The Balaban J connectivity index is 1.77. The summed E-state index contributed by atoms with van der Waals surface area (Å²) in [6.07, 6.45) is 5.02. The van der Waals surface area contributed by atoms with Crippen LogP contribution in [0.4, 0.5) is 4.39 Å². The van der Waals surface area contributed by atoms with Gasteiger partial charge >= 0.3 is 0 Å². The molecule has 0 aromatic heterocycles. The van der Waals surface area contributed by atoms with Gasteiger partial charge in [-0.15, -0.1) is 0 Å². The first kappa shape index (κ1) is 16.5. The number of hydrogen-bond donors (Lipinski definition) is 0. The number of likely N-dealkylation sites (tertiary alicyclic amines) is 1. The fraction of sp³-hybridized carbons (Fsp3) is 0.400. The Bertz CT molecular complexity index is 557. The fourth-order valence-corrected chi connectivity index (χ4v) is 3.54. The van der Waals surface area contributed by atoms with E-state index in [9.17, 15) is 4.39 Å². The smallest absolute Gasteiger partial charge is 0.123 e. The first-order valence-electron chi connectivity index (χ1n) is 8.45. The number of halogens is 2. The lowest BCUT2D eigenvalue weighted by atomic mass is 9.88. The minimum atomic E-state index is -0.181. The van der Waals surface area contributed by atoms with E-state index < -0.39 is 0 Å². The minimum Gasteiger partial charge on any atom is -0.303 e. The van der Waals surface area contributed by atoms with Gasteiger partial charge in [0.15, 0.2) is 0 Å². The van der Waals surface area contributed by atoms with Crippen LogP contribution in [0.1, 0.15) is 42.7 Å². The number of benzene rings is 2. The Morgan fingerprint density at radius 1 is 0.870 bits per heavy atom. The molecule has 2 aromatic carbocycles. The second-order valence-electron chi connectivity index (χ2n) is 6.35. The summed E-state index contributed by atoms with van der Waals surface area (Å²) < 4.78 is 13.3. The zero-order valence-corrected chi connectivity index (χ0v) is 14.1. The van der Waals surface area contributed by atoms with Gasteiger partial charge in [0.1, 0.15) is 5.82 Å². The predicted molar refractivity (Wildman–Crippen MR) is 94.6 cm³/mol.